The van der Waals surface area contributed by atoms with Crippen molar-refractivity contribution in [3.05, 3.63) is 207 Å². The molecule has 0 aromatic heterocycles. The summed E-state index contributed by atoms with van der Waals surface area (Å²) in [5.41, 5.74) is 2.91. The molecule has 0 saturated carbocycles. The van der Waals surface area contributed by atoms with Crippen LogP contribution < -0.4 is 63.2 Å². The third kappa shape index (κ3) is 34.5. The summed E-state index contributed by atoms with van der Waals surface area (Å²) in [6, 6.07) is 32.7. The Labute approximate surface area is 776 Å². The number of ether oxygens (including phenoxy) is 4. The number of nitrogens with zero attached hydrogens (tertiary/aromatic N) is 2. The molecule has 0 bridgehead atoms. The third-order valence-electron chi connectivity index (χ3n) is 22.0. The van der Waals surface area contributed by atoms with Crippen LogP contribution in [0.2, 0.25) is 10.0 Å². The molecule has 2 aliphatic rings. The number of carboxylic acids is 1. The lowest BCUT2D eigenvalue weighted by Gasteiger charge is -2.32. The van der Waals surface area contributed by atoms with Gasteiger partial charge in [-0.3, -0.25) is 47.9 Å². The van der Waals surface area contributed by atoms with E-state index in [4.69, 9.17) is 42.1 Å². The van der Waals surface area contributed by atoms with E-state index in [0.717, 1.165) is 11.1 Å². The molecular formula is C97H127Cl2N13O19. The molecule has 0 unspecified atom stereocenters. The predicted octanol–water partition coefficient (Wildman–Crippen LogP) is 10.3. The van der Waals surface area contributed by atoms with Gasteiger partial charge in [-0.05, 0) is 161 Å². The Balaban J connectivity index is 1.01. The fourth-order valence-electron chi connectivity index (χ4n) is 15.2. The highest BCUT2D eigenvalue weighted by atomic mass is 35.5. The molecule has 6 aromatic rings. The van der Waals surface area contributed by atoms with Crippen molar-refractivity contribution in [1.82, 2.24) is 68.3 Å². The number of halogens is 2. The lowest BCUT2D eigenvalue weighted by molar-refractivity contribution is -0.149. The molecule has 2 fully saturated rings. The Morgan fingerprint density at radius 1 is 0.397 bits per heavy atom. The van der Waals surface area contributed by atoms with Crippen molar-refractivity contribution >= 4 is 107 Å². The Kier molecular flexibility index (Phi) is 41.2. The molecule has 8 rings (SSSR count). The number of amides is 13. The van der Waals surface area contributed by atoms with Crippen molar-refractivity contribution in [3.63, 3.8) is 0 Å². The fourth-order valence-corrected chi connectivity index (χ4v) is 15.7. The van der Waals surface area contributed by atoms with Crippen LogP contribution in [0.25, 0.3) is 0 Å². The van der Waals surface area contributed by atoms with Crippen LogP contribution in [0.15, 0.2) is 164 Å². The van der Waals surface area contributed by atoms with E-state index in [0.29, 0.717) is 50.9 Å². The SMILES string of the molecule is CC(C)C[C@H](NC(=O)[C@H](CCCNC(=O)OCc1ccccc1)NC(=O)[C@@H](NC(=O)[C@@H]1CCCN1C(=O)[C@@H](Cc1ccccc1)NC(=O)[C@H](CC(C)C)NC(=O)[C@H](CCCNC(=O)OCc1ccccc1)NC(=O)[C@@H](NC(=O)[C@@H](Cc1ccc(OCc2c(Cl)cccc2Cl)cc1)NC(=O)OC(C)(C)C)C(C)C)C(C)C)C(=O)N[C@H](Cc1ccccc1)C(=O)N1CCC[C@H]1C(=O)O. The van der Waals surface area contributed by atoms with Crippen molar-refractivity contribution in [2.24, 2.45) is 23.7 Å². The first-order valence-electron chi connectivity index (χ1n) is 44.8. The predicted molar refractivity (Wildman–Crippen MR) is 493 cm³/mol. The number of nitrogens with one attached hydrogen (secondary N) is 11. The minimum absolute atomic E-state index is 0.0116. The van der Waals surface area contributed by atoms with Crippen LogP contribution in [0.5, 0.6) is 5.75 Å². The lowest BCUT2D eigenvalue weighted by Crippen LogP contribution is -2.61. The normalized spacial score (nSPS) is 15.7. The molecular weight excluding hydrogens is 1720 g/mol. The summed E-state index contributed by atoms with van der Waals surface area (Å²) in [6.07, 6.45) is -1.76. The molecule has 0 aliphatic carbocycles. The summed E-state index contributed by atoms with van der Waals surface area (Å²) >= 11 is 12.8. The third-order valence-corrected chi connectivity index (χ3v) is 22.7. The number of hydrogen-bond acceptors (Lipinski definition) is 18. The molecule has 32 nitrogen and oxygen atoms in total. The maximum Gasteiger partial charge on any atom is 0.408 e. The molecule has 13 amide bonds. The van der Waals surface area contributed by atoms with E-state index in [1.54, 1.807) is 200 Å². The van der Waals surface area contributed by atoms with E-state index < -0.39 is 167 Å². The van der Waals surface area contributed by atoms with Crippen molar-refractivity contribution in [2.45, 2.75) is 252 Å². The molecule has 11 atom stereocenters. The van der Waals surface area contributed by atoms with Crippen molar-refractivity contribution in [3.8, 4) is 5.75 Å². The number of aliphatic carboxylic acids is 1. The van der Waals surface area contributed by atoms with Gasteiger partial charge in [0.1, 0.15) is 97.6 Å². The number of rotatable bonds is 47. The second-order valence-electron chi connectivity index (χ2n) is 35.5. The number of likely N-dealkylation sites (tertiary alicyclic amines) is 2. The van der Waals surface area contributed by atoms with Gasteiger partial charge in [0, 0.05) is 61.1 Å². The second-order valence-corrected chi connectivity index (χ2v) is 36.3. The number of hydrogen-bond donors (Lipinski definition) is 12. The van der Waals surface area contributed by atoms with E-state index in [-0.39, 0.29) is 128 Å². The van der Waals surface area contributed by atoms with Crippen LogP contribution in [0.4, 0.5) is 14.4 Å². The molecule has 0 spiro atoms. The fraction of sp³-hybridized carbons (Fsp3) is 0.485. The quantitative estimate of drug-likeness (QED) is 0.0125. The summed E-state index contributed by atoms with van der Waals surface area (Å²) < 4.78 is 22.4. The molecule has 708 valence electrons. The zero-order chi connectivity index (χ0) is 95.4. The largest absolute Gasteiger partial charge is 0.489 e. The van der Waals surface area contributed by atoms with Crippen LogP contribution in [0.1, 0.15) is 174 Å². The molecule has 2 aliphatic heterocycles. The average Bonchev–Trinajstić information content (AvgIpc) is 1.71. The van der Waals surface area contributed by atoms with Gasteiger partial charge in [0.15, 0.2) is 0 Å². The maximum atomic E-state index is 15.5. The number of alkyl carbamates (subject to hydrolysis) is 3. The molecule has 2 saturated heterocycles. The molecule has 34 heteroatoms. The van der Waals surface area contributed by atoms with Crippen molar-refractivity contribution in [1.29, 1.82) is 0 Å². The highest BCUT2D eigenvalue weighted by Gasteiger charge is 2.44. The van der Waals surface area contributed by atoms with Crippen molar-refractivity contribution < 1.29 is 91.2 Å². The van der Waals surface area contributed by atoms with Gasteiger partial charge in [0.2, 0.25) is 59.1 Å². The molecule has 6 aromatic carbocycles. The zero-order valence-electron chi connectivity index (χ0n) is 76.3. The van der Waals surface area contributed by atoms with Crippen LogP contribution in [-0.2, 0) is 106 Å². The lowest BCUT2D eigenvalue weighted by atomic mass is 9.99. The molecule has 131 heavy (non-hydrogen) atoms. The Morgan fingerprint density at radius 3 is 1.18 bits per heavy atom. The van der Waals surface area contributed by atoms with Crippen LogP contribution >= 0.6 is 23.2 Å². The first kappa shape index (κ1) is 104. The van der Waals surface area contributed by atoms with Gasteiger partial charge in [0.05, 0.1) is 0 Å². The average molecular weight is 1850 g/mol. The standard InChI is InChI=1S/C97H127Cl2N13O19/c1-59(2)51-74(104-83(113)72(39-25-47-100-94(125)129-56-66-33-20-14-21-34-66)102-89(119)81(61(5)6)109-87(117)76(108-96(127)131-97(9,10)11)53-65-43-45-68(46-44-65)128-58-69-70(98)37-24-38-71(69)99)85(115)106-77(54-63-29-16-12-17-30-63)91(121)111-49-27-41-79(111)88(118)110-82(62(7)8)90(120)103-73(40-26-48-101-95(126)130-57-67-35-22-15-23-36-67)84(114)105-75(52-60(3)4)86(116)107-78(55-64-31-18-13-19-32-64)92(122)112-50-28-42-80(112)93(123)124/h12-24,29-38,43-46,59-62,72-82H,25-28,39-42,47-58H2,1-11H3,(H,100,125)(H,101,126)(H,102,119)(H,103,120)(H,104,113)(H,105,114)(H,106,115)(H,107,116)(H,108,127)(H,109,117)(H,110,118)(H,123,124)/t72-,73-,74-,75-,76+,77+,78+,79-,80-,81-,82-/m0/s1. The Morgan fingerprint density at radius 2 is 0.763 bits per heavy atom. The summed E-state index contributed by atoms with van der Waals surface area (Å²) in [5.74, 6) is -10.4. The summed E-state index contributed by atoms with van der Waals surface area (Å²) in [7, 11) is 0. The van der Waals surface area contributed by atoms with E-state index in [1.165, 1.54) is 9.80 Å². The Hall–Kier alpha value is -12.3. The van der Waals surface area contributed by atoms with E-state index in [9.17, 15) is 48.3 Å². The van der Waals surface area contributed by atoms with Crippen LogP contribution in [0.3, 0.4) is 0 Å². The molecule has 0 radical (unpaired) electrons. The van der Waals surface area contributed by atoms with Gasteiger partial charge in [-0.15, -0.1) is 0 Å². The van der Waals surface area contributed by atoms with E-state index >= 15 is 24.0 Å². The van der Waals surface area contributed by atoms with Gasteiger partial charge in [-0.2, -0.15) is 0 Å². The summed E-state index contributed by atoms with van der Waals surface area (Å²) in [5, 5.41) is 41.6. The number of carbonyl (C=O) groups excluding carboxylic acids is 13. The van der Waals surface area contributed by atoms with E-state index in [2.05, 4.69) is 58.5 Å². The van der Waals surface area contributed by atoms with Gasteiger partial charge in [-0.1, -0.05) is 218 Å². The minimum Gasteiger partial charge on any atom is -0.489 e. The molecule has 12 N–H and O–H groups in total. The monoisotopic (exact) mass is 1850 g/mol. The minimum atomic E-state index is -1.46. The van der Waals surface area contributed by atoms with Crippen LogP contribution in [-0.4, -0.2) is 196 Å². The van der Waals surface area contributed by atoms with E-state index in [1.807, 2.05) is 39.8 Å². The van der Waals surface area contributed by atoms with Crippen molar-refractivity contribution in [2.75, 3.05) is 26.2 Å². The number of carboxylic acid groups (broad SMARTS) is 1. The zero-order valence-corrected chi connectivity index (χ0v) is 77.8. The summed E-state index contributed by atoms with van der Waals surface area (Å²) in [6.45, 7) is 18.9. The first-order chi connectivity index (χ1) is 62.4. The number of benzene rings is 6. The first-order valence-corrected chi connectivity index (χ1v) is 45.5. The highest BCUT2D eigenvalue weighted by molar-refractivity contribution is 6.36. The van der Waals surface area contributed by atoms with Crippen LogP contribution in [0, 0.1) is 23.7 Å². The van der Waals surface area contributed by atoms with Gasteiger partial charge >= 0.3 is 24.2 Å². The summed E-state index contributed by atoms with van der Waals surface area (Å²) in [4.78, 5) is 204. The maximum absolute atomic E-state index is 15.5. The van der Waals surface area contributed by atoms with Gasteiger partial charge in [0.25, 0.3) is 0 Å². The van der Waals surface area contributed by atoms with Gasteiger partial charge in [-0.25, -0.2) is 19.2 Å². The van der Waals surface area contributed by atoms with Gasteiger partial charge < -0.3 is 92.3 Å². The highest BCUT2D eigenvalue weighted by Crippen LogP contribution is 2.28. The second kappa shape index (κ2) is 51.9. The topological polar surface area (TPSA) is 435 Å². The number of carbonyl (C=O) groups is 14. The molecule has 2 heterocycles. The Bertz CT molecular complexity index is 4780. The smallest absolute Gasteiger partial charge is 0.408 e.